The van der Waals surface area contributed by atoms with Crippen LogP contribution in [0.3, 0.4) is 0 Å². The summed E-state index contributed by atoms with van der Waals surface area (Å²) in [4.78, 5) is 12.9. The Morgan fingerprint density at radius 2 is 2.11 bits per heavy atom. The summed E-state index contributed by atoms with van der Waals surface area (Å²) in [7, 11) is 1.72. The first kappa shape index (κ1) is 17.3. The molecule has 2 saturated carbocycles. The van der Waals surface area contributed by atoms with Gasteiger partial charge in [0.2, 0.25) is 11.4 Å². The highest BCUT2D eigenvalue weighted by Gasteiger charge is 2.71. The van der Waals surface area contributed by atoms with E-state index in [4.69, 9.17) is 9.47 Å². The number of aliphatic hydroxyl groups is 1. The Morgan fingerprint density at radius 3 is 2.81 bits per heavy atom. The number of hydrogen-bond donors (Lipinski definition) is 1. The first-order valence-electron chi connectivity index (χ1n) is 10.2. The SMILES string of the molecule is COc1ccc2c(c1)CC[C@@H]1[C@@H]2CC[C@@]2(C)[C@H]1C[C@@H](O)[C@@]21OC(C)=CC1=O. The van der Waals surface area contributed by atoms with E-state index in [0.717, 1.165) is 31.4 Å². The minimum absolute atomic E-state index is 0.0307. The van der Waals surface area contributed by atoms with Crippen molar-refractivity contribution in [2.45, 2.75) is 63.6 Å². The lowest BCUT2D eigenvalue weighted by Gasteiger charge is -2.52. The normalized spacial score (nSPS) is 42.2. The molecule has 1 aliphatic heterocycles. The zero-order valence-electron chi connectivity index (χ0n) is 16.3. The van der Waals surface area contributed by atoms with Gasteiger partial charge in [-0.25, -0.2) is 0 Å². The van der Waals surface area contributed by atoms with Crippen LogP contribution in [0.15, 0.2) is 30.0 Å². The molecule has 2 fully saturated rings. The van der Waals surface area contributed by atoms with Gasteiger partial charge in [-0.2, -0.15) is 0 Å². The molecule has 0 saturated heterocycles. The van der Waals surface area contributed by atoms with Crippen LogP contribution in [0.5, 0.6) is 5.75 Å². The Balaban J connectivity index is 1.53. The second-order valence-electron chi connectivity index (χ2n) is 9.14. The van der Waals surface area contributed by atoms with E-state index in [0.29, 0.717) is 29.9 Å². The Kier molecular flexibility index (Phi) is 3.59. The second-order valence-corrected chi connectivity index (χ2v) is 9.14. The van der Waals surface area contributed by atoms with Gasteiger partial charge >= 0.3 is 0 Å². The number of benzene rings is 1. The van der Waals surface area contributed by atoms with Gasteiger partial charge in [0.1, 0.15) is 11.9 Å². The number of fused-ring (bicyclic) bond motifs is 6. The van der Waals surface area contributed by atoms with Crippen LogP contribution in [0.2, 0.25) is 0 Å². The Morgan fingerprint density at radius 1 is 1.30 bits per heavy atom. The molecule has 0 bridgehead atoms. The molecule has 4 heteroatoms. The van der Waals surface area contributed by atoms with Crippen molar-refractivity contribution in [3.8, 4) is 5.75 Å². The average molecular weight is 368 g/mol. The largest absolute Gasteiger partial charge is 0.497 e. The van der Waals surface area contributed by atoms with Gasteiger partial charge in [0.25, 0.3) is 0 Å². The van der Waals surface area contributed by atoms with Gasteiger partial charge in [-0.05, 0) is 80.0 Å². The molecule has 1 aromatic rings. The number of carbonyl (C=O) groups excluding carboxylic acids is 1. The van der Waals surface area contributed by atoms with Gasteiger partial charge < -0.3 is 14.6 Å². The highest BCUT2D eigenvalue weighted by atomic mass is 16.5. The maximum atomic E-state index is 12.9. The molecular formula is C23H28O4. The number of ether oxygens (including phenoxy) is 2. The third-order valence-corrected chi connectivity index (χ3v) is 8.14. The lowest BCUT2D eigenvalue weighted by Crippen LogP contribution is -2.58. The molecule has 3 aliphatic carbocycles. The van der Waals surface area contributed by atoms with Crippen molar-refractivity contribution in [2.75, 3.05) is 7.11 Å². The number of aliphatic hydroxyl groups excluding tert-OH is 1. The molecule has 0 radical (unpaired) electrons. The lowest BCUT2D eigenvalue weighted by molar-refractivity contribution is -0.165. The number of hydrogen-bond acceptors (Lipinski definition) is 4. The van der Waals surface area contributed by atoms with E-state index in [1.165, 1.54) is 11.1 Å². The van der Waals surface area contributed by atoms with E-state index in [2.05, 4.69) is 25.1 Å². The van der Waals surface area contributed by atoms with Gasteiger partial charge in [0, 0.05) is 11.5 Å². The average Bonchev–Trinajstić information content (AvgIpc) is 3.09. The molecule has 1 spiro atoms. The van der Waals surface area contributed by atoms with Crippen LogP contribution in [-0.2, 0) is 16.0 Å². The van der Waals surface area contributed by atoms with E-state index in [9.17, 15) is 9.90 Å². The zero-order valence-corrected chi connectivity index (χ0v) is 16.3. The van der Waals surface area contributed by atoms with Crippen LogP contribution in [-0.4, -0.2) is 29.7 Å². The lowest BCUT2D eigenvalue weighted by atomic mass is 9.53. The summed E-state index contributed by atoms with van der Waals surface area (Å²) in [6.07, 6.45) is 5.63. The first-order chi connectivity index (χ1) is 12.9. The summed E-state index contributed by atoms with van der Waals surface area (Å²) < 4.78 is 11.5. The molecule has 1 N–H and O–H groups in total. The highest BCUT2D eigenvalue weighted by Crippen LogP contribution is 2.66. The molecule has 6 atom stereocenters. The van der Waals surface area contributed by atoms with E-state index in [1.807, 2.05) is 6.92 Å². The fourth-order valence-corrected chi connectivity index (χ4v) is 6.94. The summed E-state index contributed by atoms with van der Waals surface area (Å²) in [5.41, 5.74) is 1.48. The number of rotatable bonds is 1. The van der Waals surface area contributed by atoms with Crippen LogP contribution in [0.4, 0.5) is 0 Å². The van der Waals surface area contributed by atoms with Crippen LogP contribution in [0, 0.1) is 17.3 Å². The number of ketones is 1. The van der Waals surface area contributed by atoms with Crippen LogP contribution in [0.1, 0.15) is 56.6 Å². The number of aryl methyl sites for hydroxylation is 1. The number of allylic oxidation sites excluding steroid dienone is 1. The first-order valence-corrected chi connectivity index (χ1v) is 10.2. The summed E-state index contributed by atoms with van der Waals surface area (Å²) in [5, 5.41) is 11.0. The summed E-state index contributed by atoms with van der Waals surface area (Å²) in [5.74, 6) is 2.85. The minimum Gasteiger partial charge on any atom is -0.497 e. The monoisotopic (exact) mass is 368 g/mol. The van der Waals surface area contributed by atoms with Crippen LogP contribution < -0.4 is 4.74 Å². The summed E-state index contributed by atoms with van der Waals surface area (Å²) in [6.45, 7) is 4.02. The van der Waals surface area contributed by atoms with Crippen molar-refractivity contribution in [3.05, 3.63) is 41.2 Å². The third-order valence-electron chi connectivity index (χ3n) is 8.14. The molecule has 27 heavy (non-hydrogen) atoms. The minimum atomic E-state index is -1.06. The fourth-order valence-electron chi connectivity index (χ4n) is 6.94. The van der Waals surface area contributed by atoms with Gasteiger partial charge in [-0.1, -0.05) is 13.0 Å². The van der Waals surface area contributed by atoms with Crippen molar-refractivity contribution < 1.29 is 19.4 Å². The third kappa shape index (κ3) is 2.05. The predicted octanol–water partition coefficient (Wildman–Crippen LogP) is 3.76. The van der Waals surface area contributed by atoms with Gasteiger partial charge in [0.05, 0.1) is 12.9 Å². The van der Waals surface area contributed by atoms with Gasteiger partial charge in [0.15, 0.2) is 0 Å². The number of methoxy groups -OCH3 is 1. The van der Waals surface area contributed by atoms with E-state index >= 15 is 0 Å². The predicted molar refractivity (Wildman–Crippen MR) is 102 cm³/mol. The van der Waals surface area contributed by atoms with Crippen molar-refractivity contribution in [3.63, 3.8) is 0 Å². The van der Waals surface area contributed by atoms with Crippen LogP contribution in [0.25, 0.3) is 0 Å². The molecule has 5 rings (SSSR count). The van der Waals surface area contributed by atoms with Gasteiger partial charge in [-0.3, -0.25) is 4.79 Å². The summed E-state index contributed by atoms with van der Waals surface area (Å²) in [6, 6.07) is 6.48. The fraction of sp³-hybridized carbons (Fsp3) is 0.609. The molecule has 144 valence electrons. The van der Waals surface area contributed by atoms with Crippen molar-refractivity contribution >= 4 is 5.78 Å². The van der Waals surface area contributed by atoms with E-state index < -0.39 is 11.7 Å². The van der Waals surface area contributed by atoms with Gasteiger partial charge in [-0.15, -0.1) is 0 Å². The molecule has 1 heterocycles. The smallest absolute Gasteiger partial charge is 0.205 e. The molecule has 1 aromatic carbocycles. The van der Waals surface area contributed by atoms with Crippen LogP contribution >= 0.6 is 0 Å². The van der Waals surface area contributed by atoms with E-state index in [1.54, 1.807) is 13.2 Å². The molecular weight excluding hydrogens is 340 g/mol. The Hall–Kier alpha value is -1.81. The molecule has 0 aromatic heterocycles. The maximum Gasteiger partial charge on any atom is 0.205 e. The molecule has 0 unspecified atom stereocenters. The molecule has 4 aliphatic rings. The maximum absolute atomic E-state index is 12.9. The zero-order chi connectivity index (χ0) is 19.0. The molecule has 0 amide bonds. The Labute approximate surface area is 160 Å². The quantitative estimate of drug-likeness (QED) is 0.820. The molecule has 4 nitrogen and oxygen atoms in total. The van der Waals surface area contributed by atoms with E-state index in [-0.39, 0.29) is 11.2 Å². The Bertz CT molecular complexity index is 843. The van der Waals surface area contributed by atoms with Crippen molar-refractivity contribution in [1.82, 2.24) is 0 Å². The van der Waals surface area contributed by atoms with Crippen molar-refractivity contribution in [1.29, 1.82) is 0 Å². The summed E-state index contributed by atoms with van der Waals surface area (Å²) >= 11 is 0. The standard InChI is InChI=1S/C23H28O4/c1-13-10-20(24)23(27-13)21(25)12-19-18-6-4-14-11-15(26-3)5-7-16(14)17(18)8-9-22(19,23)2/h5,7,10-11,17-19,21,25H,4,6,8-9,12H2,1-3H3/t17-,18-,19+,21-,22+,23-/m1/s1. The van der Waals surface area contributed by atoms with Crippen molar-refractivity contribution in [2.24, 2.45) is 17.3 Å². The number of carbonyl (C=O) groups is 1. The topological polar surface area (TPSA) is 55.8 Å². The highest BCUT2D eigenvalue weighted by molar-refractivity contribution is 6.01. The second kappa shape index (κ2) is 5.60.